The molecule has 6 rings (SSSR count). The maximum Gasteiger partial charge on any atom is 0.336 e. The number of fused-ring (bicyclic) bond motifs is 7. The summed E-state index contributed by atoms with van der Waals surface area (Å²) in [6.45, 7) is 10.8. The van der Waals surface area contributed by atoms with Crippen molar-refractivity contribution in [3.8, 4) is 0 Å². The van der Waals surface area contributed by atoms with Gasteiger partial charge < -0.3 is 9.47 Å². The predicted molar refractivity (Wildman–Crippen MR) is 122 cm³/mol. The molecule has 4 fully saturated rings. The molecule has 0 amide bonds. The summed E-state index contributed by atoms with van der Waals surface area (Å²) in [6.07, 6.45) is 14.6. The quantitative estimate of drug-likeness (QED) is 0.317. The molecule has 0 radical (unpaired) electrons. The second-order valence-corrected chi connectivity index (χ2v) is 12.1. The molecule has 2 saturated heterocycles. The molecule has 0 aromatic rings. The summed E-state index contributed by atoms with van der Waals surface area (Å²) in [5.41, 5.74) is 1.17. The van der Waals surface area contributed by atoms with Crippen LogP contribution in [-0.2, 0) is 19.1 Å². The number of esters is 1. The molecule has 9 atom stereocenters. The van der Waals surface area contributed by atoms with Crippen LogP contribution in [0.15, 0.2) is 36.0 Å². The van der Waals surface area contributed by atoms with Crippen molar-refractivity contribution in [2.24, 2.45) is 34.5 Å². The van der Waals surface area contributed by atoms with Gasteiger partial charge in [0, 0.05) is 12.8 Å². The SMILES string of the molecule is C=C1C(=O)O[C@@H]2C[C@H]([C@H]3CC[C@H]4[C@@H]5CC=C6CC=CC(=O)[C@]6(C)[C@H]5CC[C@]34C)O[C@@]1(C)C2. The van der Waals surface area contributed by atoms with Crippen molar-refractivity contribution in [3.05, 3.63) is 36.0 Å². The summed E-state index contributed by atoms with van der Waals surface area (Å²) < 4.78 is 12.4. The Balaban J connectivity index is 1.29. The van der Waals surface area contributed by atoms with Gasteiger partial charge in [-0.3, -0.25) is 4.79 Å². The van der Waals surface area contributed by atoms with Gasteiger partial charge >= 0.3 is 5.97 Å². The van der Waals surface area contributed by atoms with Crippen molar-refractivity contribution in [2.75, 3.05) is 0 Å². The molecule has 2 heterocycles. The molecule has 4 heteroatoms. The van der Waals surface area contributed by atoms with Gasteiger partial charge in [0.05, 0.1) is 17.1 Å². The smallest absolute Gasteiger partial charge is 0.336 e. The molecule has 4 aliphatic carbocycles. The number of ketones is 1. The van der Waals surface area contributed by atoms with Gasteiger partial charge in [-0.1, -0.05) is 31.2 Å². The lowest BCUT2D eigenvalue weighted by molar-refractivity contribution is -0.207. The largest absolute Gasteiger partial charge is 0.459 e. The lowest BCUT2D eigenvalue weighted by Gasteiger charge is -2.57. The van der Waals surface area contributed by atoms with Gasteiger partial charge in [-0.05, 0) is 87.5 Å². The van der Waals surface area contributed by atoms with E-state index in [-0.39, 0.29) is 29.0 Å². The number of carbonyl (C=O) groups is 2. The Kier molecular flexibility index (Phi) is 4.36. The van der Waals surface area contributed by atoms with Crippen molar-refractivity contribution < 1.29 is 19.1 Å². The van der Waals surface area contributed by atoms with Crippen LogP contribution in [0.4, 0.5) is 0 Å². The number of ether oxygens (including phenoxy) is 2. The van der Waals surface area contributed by atoms with Crippen LogP contribution < -0.4 is 0 Å². The molecule has 4 nitrogen and oxygen atoms in total. The van der Waals surface area contributed by atoms with Crippen LogP contribution in [0, 0.1) is 34.5 Å². The van der Waals surface area contributed by atoms with Crippen molar-refractivity contribution in [3.63, 3.8) is 0 Å². The summed E-state index contributed by atoms with van der Waals surface area (Å²) in [6, 6.07) is 0. The van der Waals surface area contributed by atoms with Crippen LogP contribution in [0.3, 0.4) is 0 Å². The second kappa shape index (κ2) is 6.68. The van der Waals surface area contributed by atoms with E-state index in [1.54, 1.807) is 0 Å². The van der Waals surface area contributed by atoms with Crippen LogP contribution in [0.25, 0.3) is 0 Å². The van der Waals surface area contributed by atoms with Gasteiger partial charge in [0.25, 0.3) is 0 Å². The van der Waals surface area contributed by atoms with E-state index >= 15 is 0 Å². The number of allylic oxidation sites excluding steroid dienone is 4. The summed E-state index contributed by atoms with van der Waals surface area (Å²) in [7, 11) is 0. The lowest BCUT2D eigenvalue weighted by atomic mass is 9.47. The minimum atomic E-state index is -0.592. The maximum absolute atomic E-state index is 13.1. The van der Waals surface area contributed by atoms with Crippen molar-refractivity contribution in [1.82, 2.24) is 0 Å². The molecule has 0 aromatic carbocycles. The number of hydrogen-bond acceptors (Lipinski definition) is 4. The third-order valence-corrected chi connectivity index (χ3v) is 10.8. The minimum Gasteiger partial charge on any atom is -0.459 e. The standard InChI is InChI=1S/C28H36O4/c1-16-25(30)31-18-14-23(32-27(16,3)15-18)22-11-10-20-19-9-8-17-6-5-7-24(29)28(17,4)21(19)12-13-26(20,22)2/h5,7-8,18-23H,1,6,9-15H2,2-4H3/t18-,19+,20+,21+,22-,23-,26+,27+,28+/m1/s1. The molecule has 6 aliphatic rings. The predicted octanol–water partition coefficient (Wildman–Crippen LogP) is 5.33. The highest BCUT2D eigenvalue weighted by Crippen LogP contribution is 2.66. The fraction of sp³-hybridized carbons (Fsp3) is 0.714. The molecule has 32 heavy (non-hydrogen) atoms. The zero-order chi connectivity index (χ0) is 22.5. The van der Waals surface area contributed by atoms with Gasteiger partial charge in [0.15, 0.2) is 5.78 Å². The van der Waals surface area contributed by atoms with Crippen LogP contribution in [0.1, 0.15) is 72.1 Å². The zero-order valence-corrected chi connectivity index (χ0v) is 19.7. The molecule has 2 saturated carbocycles. The van der Waals surface area contributed by atoms with E-state index < -0.39 is 5.60 Å². The first-order valence-electron chi connectivity index (χ1n) is 12.7. The van der Waals surface area contributed by atoms with Gasteiger partial charge in [-0.2, -0.15) is 0 Å². The third-order valence-electron chi connectivity index (χ3n) is 10.8. The Morgan fingerprint density at radius 2 is 1.84 bits per heavy atom. The summed E-state index contributed by atoms with van der Waals surface area (Å²) in [4.78, 5) is 25.3. The molecule has 2 aliphatic heterocycles. The fourth-order valence-electron chi connectivity index (χ4n) is 8.99. The Hall–Kier alpha value is -1.68. The number of rotatable bonds is 1. The van der Waals surface area contributed by atoms with Crippen LogP contribution in [0.5, 0.6) is 0 Å². The van der Waals surface area contributed by atoms with Crippen molar-refractivity contribution in [2.45, 2.75) is 89.9 Å². The maximum atomic E-state index is 13.1. The zero-order valence-electron chi connectivity index (χ0n) is 19.7. The first-order chi connectivity index (χ1) is 15.2. The summed E-state index contributed by atoms with van der Waals surface area (Å²) in [5.74, 6) is 2.17. The molecular weight excluding hydrogens is 400 g/mol. The molecule has 172 valence electrons. The first-order valence-corrected chi connectivity index (χ1v) is 12.7. The molecule has 0 N–H and O–H groups in total. The minimum absolute atomic E-state index is 0.0542. The topological polar surface area (TPSA) is 52.6 Å². The molecule has 0 unspecified atom stereocenters. The highest BCUT2D eigenvalue weighted by molar-refractivity contribution is 5.98. The number of hydrogen-bond donors (Lipinski definition) is 0. The highest BCUT2D eigenvalue weighted by atomic mass is 16.6. The molecule has 2 bridgehead atoms. The number of carbonyl (C=O) groups excluding carboxylic acids is 2. The summed E-state index contributed by atoms with van der Waals surface area (Å²) in [5, 5.41) is 0. The van der Waals surface area contributed by atoms with Gasteiger partial charge in [0.2, 0.25) is 0 Å². The fourth-order valence-corrected chi connectivity index (χ4v) is 8.99. The summed E-state index contributed by atoms with van der Waals surface area (Å²) >= 11 is 0. The van der Waals surface area contributed by atoms with Gasteiger partial charge in [-0.15, -0.1) is 0 Å². The van der Waals surface area contributed by atoms with Crippen molar-refractivity contribution in [1.29, 1.82) is 0 Å². The van der Waals surface area contributed by atoms with Crippen molar-refractivity contribution >= 4 is 11.8 Å². The monoisotopic (exact) mass is 436 g/mol. The van der Waals surface area contributed by atoms with Crippen LogP contribution in [-0.4, -0.2) is 29.6 Å². The van der Waals surface area contributed by atoms with E-state index in [2.05, 4.69) is 26.5 Å². The van der Waals surface area contributed by atoms with E-state index in [4.69, 9.17) is 9.47 Å². The van der Waals surface area contributed by atoms with E-state index in [9.17, 15) is 9.59 Å². The highest BCUT2D eigenvalue weighted by Gasteiger charge is 2.62. The molecule has 0 aromatic heterocycles. The van der Waals surface area contributed by atoms with E-state index in [0.29, 0.717) is 35.0 Å². The first kappa shape index (κ1) is 20.9. The van der Waals surface area contributed by atoms with Crippen LogP contribution >= 0.6 is 0 Å². The lowest BCUT2D eigenvalue weighted by Crippen LogP contribution is -2.57. The molecular formula is C28H36O4. The average Bonchev–Trinajstić information content (AvgIpc) is 3.10. The van der Waals surface area contributed by atoms with E-state index in [0.717, 1.165) is 38.5 Å². The van der Waals surface area contributed by atoms with Gasteiger partial charge in [-0.25, -0.2) is 4.79 Å². The van der Waals surface area contributed by atoms with Crippen LogP contribution in [0.2, 0.25) is 0 Å². The Labute approximate surface area is 191 Å². The Morgan fingerprint density at radius 3 is 2.66 bits per heavy atom. The van der Waals surface area contributed by atoms with E-state index in [1.165, 1.54) is 18.4 Å². The third kappa shape index (κ3) is 2.59. The normalized spacial score (nSPS) is 52.0. The molecule has 0 spiro atoms. The second-order valence-electron chi connectivity index (χ2n) is 12.1. The average molecular weight is 437 g/mol. The Morgan fingerprint density at radius 1 is 1.06 bits per heavy atom. The Bertz CT molecular complexity index is 960. The van der Waals surface area contributed by atoms with E-state index in [1.807, 2.05) is 19.1 Å². The van der Waals surface area contributed by atoms with Gasteiger partial charge in [0.1, 0.15) is 11.7 Å².